The molecule has 21 heavy (non-hydrogen) atoms. The fraction of sp³-hybridized carbons (Fsp3) is 0.533. The summed E-state index contributed by atoms with van der Waals surface area (Å²) in [6.45, 7) is 11.0. The molecule has 2 N–H and O–H groups in total. The zero-order valence-corrected chi connectivity index (χ0v) is 13.3. The van der Waals surface area contributed by atoms with Crippen molar-refractivity contribution in [3.63, 3.8) is 0 Å². The van der Waals surface area contributed by atoms with E-state index >= 15 is 0 Å². The Labute approximate surface area is 125 Å². The third kappa shape index (κ3) is 3.51. The lowest BCUT2D eigenvalue weighted by Crippen LogP contribution is -2.14. The summed E-state index contributed by atoms with van der Waals surface area (Å²) in [5, 5.41) is 6.66. The second kappa shape index (κ2) is 6.56. The molecular formula is C15H23N5O. The molecule has 0 saturated heterocycles. The van der Waals surface area contributed by atoms with E-state index in [0.717, 1.165) is 29.5 Å². The number of aryl methyl sites for hydroxylation is 1. The average molecular weight is 289 g/mol. The quantitative estimate of drug-likeness (QED) is 0.847. The zero-order chi connectivity index (χ0) is 15.4. The Morgan fingerprint density at radius 2 is 1.86 bits per heavy atom. The number of hydrogen-bond donors (Lipinski definition) is 2. The molecule has 1 atom stereocenters. The molecule has 0 aliphatic heterocycles. The summed E-state index contributed by atoms with van der Waals surface area (Å²) >= 11 is 0. The minimum absolute atomic E-state index is 0.0550. The normalized spacial score (nSPS) is 12.5. The number of nitrogens with one attached hydrogen (secondary N) is 2. The third-order valence-electron chi connectivity index (χ3n) is 3.17. The van der Waals surface area contributed by atoms with Crippen LogP contribution in [0.15, 0.2) is 16.9 Å². The molecular weight excluding hydrogens is 266 g/mol. The summed E-state index contributed by atoms with van der Waals surface area (Å²) in [6.07, 6.45) is 3.29. The Kier molecular flexibility index (Phi) is 4.77. The van der Waals surface area contributed by atoms with Crippen LogP contribution in [-0.4, -0.2) is 21.5 Å². The van der Waals surface area contributed by atoms with Crippen molar-refractivity contribution in [3.05, 3.63) is 29.7 Å². The molecule has 0 aliphatic rings. The van der Waals surface area contributed by atoms with Crippen LogP contribution in [0.2, 0.25) is 0 Å². The van der Waals surface area contributed by atoms with E-state index in [1.807, 2.05) is 13.8 Å². The highest BCUT2D eigenvalue weighted by Gasteiger charge is 2.18. The van der Waals surface area contributed by atoms with Crippen LogP contribution in [0.5, 0.6) is 0 Å². The summed E-state index contributed by atoms with van der Waals surface area (Å²) < 4.78 is 5.56. The fourth-order valence-corrected chi connectivity index (χ4v) is 2.20. The molecule has 2 rings (SSSR count). The van der Waals surface area contributed by atoms with Gasteiger partial charge in [0.15, 0.2) is 0 Å². The molecule has 1 unspecified atom stereocenters. The first-order valence-electron chi connectivity index (χ1n) is 7.30. The van der Waals surface area contributed by atoms with Crippen molar-refractivity contribution in [1.29, 1.82) is 0 Å². The SMILES string of the molecule is CCNc1ncnc(NC(C)c2ncc(C)o2)c1C(C)C. The number of oxazole rings is 1. The molecule has 0 spiro atoms. The Balaban J connectivity index is 2.28. The summed E-state index contributed by atoms with van der Waals surface area (Å²) in [7, 11) is 0. The van der Waals surface area contributed by atoms with Crippen molar-refractivity contribution < 1.29 is 4.42 Å². The molecule has 0 aliphatic carbocycles. The molecule has 114 valence electrons. The number of rotatable bonds is 6. The van der Waals surface area contributed by atoms with Gasteiger partial charge in [0.2, 0.25) is 5.89 Å². The minimum Gasteiger partial charge on any atom is -0.444 e. The standard InChI is InChI=1S/C15H23N5O/c1-6-16-13-12(9(2)3)14(19-8-18-13)20-11(5)15-17-7-10(4)21-15/h7-9,11H,6H2,1-5H3,(H2,16,18,19,20). The first kappa shape index (κ1) is 15.3. The Bertz CT molecular complexity index is 593. The van der Waals surface area contributed by atoms with Crippen molar-refractivity contribution >= 4 is 11.6 Å². The average Bonchev–Trinajstić information content (AvgIpc) is 2.86. The highest BCUT2D eigenvalue weighted by molar-refractivity contribution is 5.59. The molecule has 0 aromatic carbocycles. The predicted molar refractivity (Wildman–Crippen MR) is 83.6 cm³/mol. The zero-order valence-electron chi connectivity index (χ0n) is 13.3. The van der Waals surface area contributed by atoms with Crippen molar-refractivity contribution in [2.45, 2.75) is 46.6 Å². The van der Waals surface area contributed by atoms with E-state index in [1.165, 1.54) is 0 Å². The van der Waals surface area contributed by atoms with Gasteiger partial charge in [0.1, 0.15) is 29.8 Å². The van der Waals surface area contributed by atoms with Crippen LogP contribution in [0.3, 0.4) is 0 Å². The van der Waals surface area contributed by atoms with Gasteiger partial charge >= 0.3 is 0 Å². The van der Waals surface area contributed by atoms with Crippen LogP contribution in [0.4, 0.5) is 11.6 Å². The monoisotopic (exact) mass is 289 g/mol. The van der Waals surface area contributed by atoms with Crippen LogP contribution >= 0.6 is 0 Å². The largest absolute Gasteiger partial charge is 0.444 e. The van der Waals surface area contributed by atoms with E-state index in [9.17, 15) is 0 Å². The molecule has 0 amide bonds. The Hall–Kier alpha value is -2.11. The Morgan fingerprint density at radius 3 is 2.43 bits per heavy atom. The number of nitrogens with zero attached hydrogens (tertiary/aromatic N) is 3. The number of aromatic nitrogens is 3. The van der Waals surface area contributed by atoms with E-state index in [-0.39, 0.29) is 6.04 Å². The predicted octanol–water partition coefficient (Wildman–Crippen LogP) is 3.50. The molecule has 0 fully saturated rings. The highest BCUT2D eigenvalue weighted by Crippen LogP contribution is 2.30. The molecule has 6 heteroatoms. The van der Waals surface area contributed by atoms with Gasteiger partial charge in [-0.2, -0.15) is 0 Å². The number of anilines is 2. The van der Waals surface area contributed by atoms with Gasteiger partial charge in [-0.05, 0) is 26.7 Å². The molecule has 6 nitrogen and oxygen atoms in total. The van der Waals surface area contributed by atoms with Crippen molar-refractivity contribution in [3.8, 4) is 0 Å². The Morgan fingerprint density at radius 1 is 1.14 bits per heavy atom. The van der Waals surface area contributed by atoms with Crippen LogP contribution in [0.25, 0.3) is 0 Å². The lowest BCUT2D eigenvalue weighted by atomic mass is 10.0. The second-order valence-corrected chi connectivity index (χ2v) is 5.34. The first-order valence-corrected chi connectivity index (χ1v) is 7.30. The van der Waals surface area contributed by atoms with Crippen LogP contribution in [0.1, 0.15) is 56.9 Å². The molecule has 2 heterocycles. The molecule has 0 radical (unpaired) electrons. The summed E-state index contributed by atoms with van der Waals surface area (Å²) in [6, 6.07) is -0.0550. The van der Waals surface area contributed by atoms with Gasteiger partial charge in [0.05, 0.1) is 6.20 Å². The first-order chi connectivity index (χ1) is 10.0. The van der Waals surface area contributed by atoms with Crippen LogP contribution in [0, 0.1) is 6.92 Å². The smallest absolute Gasteiger partial charge is 0.216 e. The van der Waals surface area contributed by atoms with E-state index in [1.54, 1.807) is 12.5 Å². The summed E-state index contributed by atoms with van der Waals surface area (Å²) in [4.78, 5) is 13.0. The van der Waals surface area contributed by atoms with Gasteiger partial charge in [0, 0.05) is 12.1 Å². The van der Waals surface area contributed by atoms with Gasteiger partial charge in [-0.3, -0.25) is 0 Å². The lowest BCUT2D eigenvalue weighted by molar-refractivity contribution is 0.453. The number of hydrogen-bond acceptors (Lipinski definition) is 6. The van der Waals surface area contributed by atoms with Gasteiger partial charge < -0.3 is 15.1 Å². The second-order valence-electron chi connectivity index (χ2n) is 5.34. The van der Waals surface area contributed by atoms with Crippen molar-refractivity contribution in [1.82, 2.24) is 15.0 Å². The van der Waals surface area contributed by atoms with Crippen LogP contribution in [-0.2, 0) is 0 Å². The van der Waals surface area contributed by atoms with Crippen molar-refractivity contribution in [2.75, 3.05) is 17.2 Å². The molecule has 2 aromatic heterocycles. The maximum atomic E-state index is 5.56. The van der Waals surface area contributed by atoms with Crippen LogP contribution < -0.4 is 10.6 Å². The molecule has 0 bridgehead atoms. The third-order valence-corrected chi connectivity index (χ3v) is 3.17. The maximum Gasteiger partial charge on any atom is 0.216 e. The topological polar surface area (TPSA) is 75.9 Å². The van der Waals surface area contributed by atoms with Gasteiger partial charge in [-0.1, -0.05) is 13.8 Å². The van der Waals surface area contributed by atoms with Crippen molar-refractivity contribution in [2.24, 2.45) is 0 Å². The molecule has 2 aromatic rings. The van der Waals surface area contributed by atoms with E-state index in [2.05, 4.69) is 46.4 Å². The lowest BCUT2D eigenvalue weighted by Gasteiger charge is -2.19. The maximum absolute atomic E-state index is 5.56. The van der Waals surface area contributed by atoms with E-state index < -0.39 is 0 Å². The van der Waals surface area contributed by atoms with E-state index in [0.29, 0.717) is 11.8 Å². The fourth-order valence-electron chi connectivity index (χ4n) is 2.20. The highest BCUT2D eigenvalue weighted by atomic mass is 16.4. The van der Waals surface area contributed by atoms with Gasteiger partial charge in [-0.25, -0.2) is 15.0 Å². The molecule has 0 saturated carbocycles. The van der Waals surface area contributed by atoms with E-state index in [4.69, 9.17) is 4.42 Å². The van der Waals surface area contributed by atoms with Gasteiger partial charge in [-0.15, -0.1) is 0 Å². The minimum atomic E-state index is -0.0550. The van der Waals surface area contributed by atoms with Gasteiger partial charge in [0.25, 0.3) is 0 Å². The summed E-state index contributed by atoms with van der Waals surface area (Å²) in [5.74, 6) is 3.46. The summed E-state index contributed by atoms with van der Waals surface area (Å²) in [5.41, 5.74) is 1.08.